The molecule has 0 radical (unpaired) electrons. The van der Waals surface area contributed by atoms with Crippen molar-refractivity contribution < 1.29 is 18.3 Å². The average Bonchev–Trinajstić information content (AvgIpc) is 2.99. The molecule has 0 amide bonds. The van der Waals surface area contributed by atoms with Crippen LogP contribution in [0.4, 0.5) is 19.1 Å². The van der Waals surface area contributed by atoms with Gasteiger partial charge in [0.25, 0.3) is 12.0 Å². The first-order chi connectivity index (χ1) is 12.4. The monoisotopic (exact) mass is 367 g/mol. The zero-order valence-electron chi connectivity index (χ0n) is 13.9. The largest absolute Gasteiger partial charge is 0.390 e. The summed E-state index contributed by atoms with van der Waals surface area (Å²) in [4.78, 5) is 19.0. The summed E-state index contributed by atoms with van der Waals surface area (Å²) in [5.74, 6) is -0.829. The highest BCUT2D eigenvalue weighted by Crippen LogP contribution is 2.28. The highest BCUT2D eigenvalue weighted by Gasteiger charge is 2.22. The maximum atomic E-state index is 13.9. The quantitative estimate of drug-likeness (QED) is 0.643. The van der Waals surface area contributed by atoms with Crippen molar-refractivity contribution in [2.24, 2.45) is 0 Å². The number of benzene rings is 1. The third kappa shape index (κ3) is 2.92. The van der Waals surface area contributed by atoms with Gasteiger partial charge in [-0.25, -0.2) is 17.9 Å². The maximum Gasteiger partial charge on any atom is 0.266 e. The molecule has 0 spiro atoms. The van der Waals surface area contributed by atoms with E-state index in [2.05, 4.69) is 20.4 Å². The predicted octanol–water partition coefficient (Wildman–Crippen LogP) is 2.34. The lowest BCUT2D eigenvalue weighted by molar-refractivity contribution is 0.146. The third-order valence-electron chi connectivity index (χ3n) is 4.13. The van der Waals surface area contributed by atoms with Crippen molar-refractivity contribution in [3.05, 3.63) is 51.2 Å². The topological polar surface area (TPSA) is 95.8 Å². The van der Waals surface area contributed by atoms with Crippen LogP contribution in [-0.2, 0) is 6.61 Å². The highest BCUT2D eigenvalue weighted by atomic mass is 19.3. The summed E-state index contributed by atoms with van der Waals surface area (Å²) in [6.45, 7) is 1.17. The molecule has 1 unspecified atom stereocenters. The molecule has 26 heavy (non-hydrogen) atoms. The van der Waals surface area contributed by atoms with Gasteiger partial charge >= 0.3 is 0 Å². The minimum absolute atomic E-state index is 0.114. The minimum atomic E-state index is -2.91. The summed E-state index contributed by atoms with van der Waals surface area (Å²) < 4.78 is 40.7. The van der Waals surface area contributed by atoms with Gasteiger partial charge in [0.15, 0.2) is 5.65 Å². The Morgan fingerprint density at radius 3 is 2.69 bits per heavy atom. The fourth-order valence-electron chi connectivity index (χ4n) is 2.74. The van der Waals surface area contributed by atoms with E-state index < -0.39 is 36.0 Å². The summed E-state index contributed by atoms with van der Waals surface area (Å²) in [7, 11) is 1.57. The van der Waals surface area contributed by atoms with Crippen molar-refractivity contribution in [2.45, 2.75) is 26.0 Å². The molecule has 2 heterocycles. The van der Waals surface area contributed by atoms with Crippen LogP contribution < -0.4 is 10.9 Å². The molecule has 3 N–H and O–H groups in total. The number of aliphatic hydroxyl groups is 1. The number of hydrogen-bond acceptors (Lipinski definition) is 5. The van der Waals surface area contributed by atoms with Crippen LogP contribution in [-0.4, -0.2) is 31.9 Å². The summed E-state index contributed by atoms with van der Waals surface area (Å²) in [5.41, 5.74) is -0.495. The van der Waals surface area contributed by atoms with Gasteiger partial charge < -0.3 is 10.4 Å². The second-order valence-electron chi connectivity index (χ2n) is 5.67. The minimum Gasteiger partial charge on any atom is -0.390 e. The van der Waals surface area contributed by atoms with Crippen LogP contribution in [0.3, 0.4) is 0 Å². The molecule has 0 aliphatic heterocycles. The second kappa shape index (κ2) is 6.79. The van der Waals surface area contributed by atoms with Gasteiger partial charge in [0.2, 0.25) is 5.95 Å². The molecule has 0 saturated carbocycles. The number of halogens is 3. The Hall–Kier alpha value is -2.88. The average molecular weight is 367 g/mol. The van der Waals surface area contributed by atoms with Crippen LogP contribution in [0.15, 0.2) is 23.0 Å². The van der Waals surface area contributed by atoms with Crippen molar-refractivity contribution >= 4 is 17.0 Å². The van der Waals surface area contributed by atoms with E-state index in [0.29, 0.717) is 5.56 Å². The van der Waals surface area contributed by atoms with Crippen LogP contribution in [0.1, 0.15) is 36.2 Å². The molecule has 0 aliphatic rings. The Bertz CT molecular complexity index is 1020. The Kier molecular flexibility index (Phi) is 4.68. The summed E-state index contributed by atoms with van der Waals surface area (Å²) in [6, 6.07) is 2.78. The predicted molar refractivity (Wildman–Crippen MR) is 88.8 cm³/mol. The molecule has 0 fully saturated rings. The molecule has 1 atom stereocenters. The maximum absolute atomic E-state index is 13.9. The Morgan fingerprint density at radius 1 is 1.38 bits per heavy atom. The molecular formula is C16H16F3N5O2. The number of fused-ring (bicyclic) bond motifs is 1. The van der Waals surface area contributed by atoms with E-state index in [-0.39, 0.29) is 22.7 Å². The fourth-order valence-corrected chi connectivity index (χ4v) is 2.74. The van der Waals surface area contributed by atoms with Crippen molar-refractivity contribution in [2.75, 3.05) is 12.4 Å². The number of nitrogens with zero attached hydrogens (tertiary/aromatic N) is 3. The first kappa shape index (κ1) is 17.9. The van der Waals surface area contributed by atoms with E-state index in [4.69, 9.17) is 0 Å². The van der Waals surface area contributed by atoms with Crippen LogP contribution in [0.25, 0.3) is 11.0 Å². The summed E-state index contributed by atoms with van der Waals surface area (Å²) in [5, 5.41) is 16.5. The Balaban J connectivity index is 2.17. The van der Waals surface area contributed by atoms with Crippen molar-refractivity contribution in [3.8, 4) is 0 Å². The van der Waals surface area contributed by atoms with Crippen molar-refractivity contribution in [1.29, 1.82) is 0 Å². The number of rotatable bonds is 5. The van der Waals surface area contributed by atoms with Crippen LogP contribution in [0.2, 0.25) is 0 Å². The molecule has 0 saturated heterocycles. The molecule has 2 aromatic heterocycles. The highest BCUT2D eigenvalue weighted by molar-refractivity contribution is 5.78. The smallest absolute Gasteiger partial charge is 0.266 e. The van der Waals surface area contributed by atoms with Gasteiger partial charge in [0.1, 0.15) is 16.9 Å². The number of alkyl halides is 2. The molecule has 0 bridgehead atoms. The number of aromatic nitrogens is 4. The SMILES string of the molecule is CNc1nc2c(c(CO)nn2C(C)c2ccc(C(F)F)c(F)c2)c(=O)[nH]1. The van der Waals surface area contributed by atoms with Crippen molar-refractivity contribution in [3.63, 3.8) is 0 Å². The Labute approximate surface area is 145 Å². The standard InChI is InChI=1S/C16H16F3N5O2/c1-7(8-3-4-9(13(18)19)10(17)5-8)24-14-12(11(6-25)23-24)15(26)22-16(20-2)21-14/h3-5,7,13,25H,6H2,1-2H3,(H2,20,21,22,26). The van der Waals surface area contributed by atoms with Gasteiger partial charge in [-0.05, 0) is 18.6 Å². The summed E-state index contributed by atoms with van der Waals surface area (Å²) >= 11 is 0. The van der Waals surface area contributed by atoms with E-state index >= 15 is 0 Å². The zero-order valence-corrected chi connectivity index (χ0v) is 13.9. The van der Waals surface area contributed by atoms with Gasteiger partial charge in [-0.3, -0.25) is 9.78 Å². The van der Waals surface area contributed by atoms with Gasteiger partial charge in [0, 0.05) is 7.05 Å². The molecule has 7 nitrogen and oxygen atoms in total. The fraction of sp³-hybridized carbons (Fsp3) is 0.312. The van der Waals surface area contributed by atoms with Crippen molar-refractivity contribution in [1.82, 2.24) is 19.7 Å². The van der Waals surface area contributed by atoms with Crippen LogP contribution >= 0.6 is 0 Å². The zero-order chi connectivity index (χ0) is 19.0. The lowest BCUT2D eigenvalue weighted by atomic mass is 10.1. The van der Waals surface area contributed by atoms with Crippen LogP contribution in [0.5, 0.6) is 0 Å². The second-order valence-corrected chi connectivity index (χ2v) is 5.67. The van der Waals surface area contributed by atoms with Crippen LogP contribution in [0, 0.1) is 5.82 Å². The van der Waals surface area contributed by atoms with E-state index in [9.17, 15) is 23.1 Å². The number of nitrogens with one attached hydrogen (secondary N) is 2. The van der Waals surface area contributed by atoms with Gasteiger partial charge in [-0.2, -0.15) is 10.1 Å². The molecular weight excluding hydrogens is 351 g/mol. The first-order valence-corrected chi connectivity index (χ1v) is 7.74. The van der Waals surface area contributed by atoms with E-state index in [1.807, 2.05) is 0 Å². The van der Waals surface area contributed by atoms with Gasteiger partial charge in [-0.15, -0.1) is 0 Å². The molecule has 3 aromatic rings. The Morgan fingerprint density at radius 2 is 2.12 bits per heavy atom. The lowest BCUT2D eigenvalue weighted by Crippen LogP contribution is -2.14. The first-order valence-electron chi connectivity index (χ1n) is 7.74. The normalized spacial score (nSPS) is 12.7. The number of aromatic amines is 1. The van der Waals surface area contributed by atoms with E-state index in [1.54, 1.807) is 14.0 Å². The molecule has 3 rings (SSSR count). The number of anilines is 1. The molecule has 0 aliphatic carbocycles. The van der Waals surface area contributed by atoms with Gasteiger partial charge in [0.05, 0.1) is 18.2 Å². The number of aliphatic hydroxyl groups excluding tert-OH is 1. The lowest BCUT2D eigenvalue weighted by Gasteiger charge is -2.15. The van der Waals surface area contributed by atoms with E-state index in [1.165, 1.54) is 10.7 Å². The number of hydrogen-bond donors (Lipinski definition) is 3. The third-order valence-corrected chi connectivity index (χ3v) is 4.13. The molecule has 1 aromatic carbocycles. The number of H-pyrrole nitrogens is 1. The summed E-state index contributed by atoms with van der Waals surface area (Å²) in [6.07, 6.45) is -2.91. The van der Waals surface area contributed by atoms with E-state index in [0.717, 1.165) is 12.1 Å². The molecule has 138 valence electrons. The van der Waals surface area contributed by atoms with Gasteiger partial charge in [-0.1, -0.05) is 12.1 Å². The molecule has 10 heteroatoms.